The van der Waals surface area contributed by atoms with E-state index in [1.807, 2.05) is 24.0 Å². The van der Waals surface area contributed by atoms with Crippen molar-refractivity contribution in [3.05, 3.63) is 17.8 Å². The molecule has 7 nitrogen and oxygen atoms in total. The summed E-state index contributed by atoms with van der Waals surface area (Å²) in [6.45, 7) is 8.73. The highest BCUT2D eigenvalue weighted by atomic mass is 16.5. The predicted molar refractivity (Wildman–Crippen MR) is 82.8 cm³/mol. The van der Waals surface area contributed by atoms with Crippen molar-refractivity contribution in [1.29, 1.82) is 0 Å². The van der Waals surface area contributed by atoms with Crippen LogP contribution in [-0.4, -0.2) is 84.9 Å². The third-order valence-corrected chi connectivity index (χ3v) is 4.20. The number of anilines is 1. The van der Waals surface area contributed by atoms with Gasteiger partial charge in [-0.15, -0.1) is 5.10 Å². The lowest BCUT2D eigenvalue weighted by Crippen LogP contribution is -2.51. The Morgan fingerprint density at radius 1 is 1.09 bits per heavy atom. The van der Waals surface area contributed by atoms with Crippen LogP contribution in [-0.2, 0) is 9.53 Å². The minimum atomic E-state index is 0.215. The fourth-order valence-corrected chi connectivity index (χ4v) is 2.80. The number of hydrogen-bond donors (Lipinski definition) is 0. The maximum atomic E-state index is 12.2. The summed E-state index contributed by atoms with van der Waals surface area (Å²) in [7, 11) is 0. The lowest BCUT2D eigenvalue weighted by molar-refractivity contribution is -0.136. The Morgan fingerprint density at radius 2 is 1.82 bits per heavy atom. The van der Waals surface area contributed by atoms with Gasteiger partial charge in [0, 0.05) is 39.3 Å². The molecule has 1 aromatic rings. The van der Waals surface area contributed by atoms with Crippen LogP contribution in [0.5, 0.6) is 0 Å². The van der Waals surface area contributed by atoms with Gasteiger partial charge in [-0.25, -0.2) is 0 Å². The van der Waals surface area contributed by atoms with Gasteiger partial charge in [0.25, 0.3) is 0 Å². The number of carbonyl (C=O) groups excluding carboxylic acids is 1. The Balaban J connectivity index is 1.47. The zero-order chi connectivity index (χ0) is 15.4. The molecule has 7 heteroatoms. The van der Waals surface area contributed by atoms with E-state index in [2.05, 4.69) is 20.0 Å². The second kappa shape index (κ2) is 7.02. The Morgan fingerprint density at radius 3 is 2.45 bits per heavy atom. The van der Waals surface area contributed by atoms with Gasteiger partial charge in [-0.3, -0.25) is 9.69 Å². The molecule has 22 heavy (non-hydrogen) atoms. The first-order valence-corrected chi connectivity index (χ1v) is 7.85. The molecular formula is C15H23N5O2. The quantitative estimate of drug-likeness (QED) is 0.768. The van der Waals surface area contributed by atoms with Crippen LogP contribution >= 0.6 is 0 Å². The van der Waals surface area contributed by atoms with Gasteiger partial charge in [0.05, 0.1) is 25.5 Å². The summed E-state index contributed by atoms with van der Waals surface area (Å²) >= 11 is 0. The van der Waals surface area contributed by atoms with Gasteiger partial charge in [0.2, 0.25) is 5.91 Å². The maximum absolute atomic E-state index is 12.2. The molecule has 1 amide bonds. The van der Waals surface area contributed by atoms with E-state index in [1.165, 1.54) is 0 Å². The van der Waals surface area contributed by atoms with Crippen molar-refractivity contribution < 1.29 is 9.53 Å². The van der Waals surface area contributed by atoms with E-state index in [0.717, 1.165) is 50.8 Å². The predicted octanol–water partition coefficient (Wildman–Crippen LogP) is -0.234. The van der Waals surface area contributed by atoms with E-state index in [-0.39, 0.29) is 5.91 Å². The number of ether oxygens (including phenoxy) is 1. The fraction of sp³-hybridized carbons (Fsp3) is 0.667. The highest BCUT2D eigenvalue weighted by Gasteiger charge is 2.23. The van der Waals surface area contributed by atoms with Crippen molar-refractivity contribution in [2.75, 3.05) is 63.9 Å². The molecule has 3 rings (SSSR count). The molecule has 0 aromatic carbocycles. The maximum Gasteiger partial charge on any atom is 0.236 e. The van der Waals surface area contributed by atoms with Crippen molar-refractivity contribution >= 4 is 11.7 Å². The second-order valence-corrected chi connectivity index (χ2v) is 5.79. The SMILES string of the molecule is Cc1ccc(N2CCN(CC(=O)N3CCOCC3)CC2)nn1. The van der Waals surface area contributed by atoms with Crippen LogP contribution in [0.2, 0.25) is 0 Å². The molecule has 0 N–H and O–H groups in total. The molecule has 0 unspecified atom stereocenters. The molecule has 0 spiro atoms. The molecule has 2 aliphatic heterocycles. The van der Waals surface area contributed by atoms with Crippen LogP contribution < -0.4 is 4.90 Å². The molecule has 0 aliphatic carbocycles. The number of hydrogen-bond acceptors (Lipinski definition) is 6. The topological polar surface area (TPSA) is 61.8 Å². The number of amides is 1. The van der Waals surface area contributed by atoms with Crippen LogP contribution in [0.25, 0.3) is 0 Å². The van der Waals surface area contributed by atoms with Crippen LogP contribution in [0, 0.1) is 6.92 Å². The number of rotatable bonds is 3. The average Bonchev–Trinajstić information content (AvgIpc) is 2.57. The summed E-state index contributed by atoms with van der Waals surface area (Å²) in [5.74, 6) is 1.14. The minimum absolute atomic E-state index is 0.215. The Kier molecular flexibility index (Phi) is 4.84. The lowest BCUT2D eigenvalue weighted by atomic mass is 10.3. The largest absolute Gasteiger partial charge is 0.378 e. The first-order valence-electron chi connectivity index (χ1n) is 7.85. The van der Waals surface area contributed by atoms with Crippen LogP contribution in [0.3, 0.4) is 0 Å². The van der Waals surface area contributed by atoms with Gasteiger partial charge in [-0.2, -0.15) is 5.10 Å². The molecule has 2 aliphatic rings. The zero-order valence-corrected chi connectivity index (χ0v) is 13.1. The average molecular weight is 305 g/mol. The Hall–Kier alpha value is -1.73. The summed E-state index contributed by atoms with van der Waals surface area (Å²) in [6.07, 6.45) is 0. The van der Waals surface area contributed by atoms with E-state index < -0.39 is 0 Å². The van der Waals surface area contributed by atoms with Gasteiger partial charge in [-0.05, 0) is 19.1 Å². The molecule has 1 aromatic heterocycles. The van der Waals surface area contributed by atoms with Gasteiger partial charge in [0.1, 0.15) is 0 Å². The molecule has 0 radical (unpaired) electrons. The van der Waals surface area contributed by atoms with E-state index >= 15 is 0 Å². The van der Waals surface area contributed by atoms with Gasteiger partial charge < -0.3 is 14.5 Å². The highest BCUT2D eigenvalue weighted by Crippen LogP contribution is 2.12. The molecule has 2 saturated heterocycles. The van der Waals surface area contributed by atoms with E-state index in [9.17, 15) is 4.79 Å². The Bertz CT molecular complexity index is 493. The monoisotopic (exact) mass is 305 g/mol. The highest BCUT2D eigenvalue weighted by molar-refractivity contribution is 5.78. The minimum Gasteiger partial charge on any atom is -0.378 e. The normalized spacial score (nSPS) is 20.2. The number of nitrogens with zero attached hydrogens (tertiary/aromatic N) is 5. The second-order valence-electron chi connectivity index (χ2n) is 5.79. The van der Waals surface area contributed by atoms with E-state index in [0.29, 0.717) is 19.8 Å². The first kappa shape index (κ1) is 15.2. The third-order valence-electron chi connectivity index (χ3n) is 4.20. The van der Waals surface area contributed by atoms with E-state index in [4.69, 9.17) is 4.74 Å². The molecule has 3 heterocycles. The van der Waals surface area contributed by atoms with Gasteiger partial charge >= 0.3 is 0 Å². The Labute approximate surface area is 130 Å². The third kappa shape index (κ3) is 3.72. The van der Waals surface area contributed by atoms with Crippen LogP contribution in [0.15, 0.2) is 12.1 Å². The van der Waals surface area contributed by atoms with Gasteiger partial charge in [0.15, 0.2) is 5.82 Å². The van der Waals surface area contributed by atoms with Crippen molar-refractivity contribution in [3.8, 4) is 0 Å². The standard InChI is InChI=1S/C15H23N5O2/c1-13-2-3-14(17-16-13)19-6-4-18(5-7-19)12-15(21)20-8-10-22-11-9-20/h2-3H,4-12H2,1H3. The van der Waals surface area contributed by atoms with Crippen molar-refractivity contribution in [3.63, 3.8) is 0 Å². The van der Waals surface area contributed by atoms with Crippen LogP contribution in [0.1, 0.15) is 5.69 Å². The number of aryl methyl sites for hydroxylation is 1. The number of aromatic nitrogens is 2. The molecule has 2 fully saturated rings. The van der Waals surface area contributed by atoms with Crippen molar-refractivity contribution in [2.24, 2.45) is 0 Å². The van der Waals surface area contributed by atoms with Gasteiger partial charge in [-0.1, -0.05) is 0 Å². The van der Waals surface area contributed by atoms with Crippen molar-refractivity contribution in [2.45, 2.75) is 6.92 Å². The number of piperazine rings is 1. The summed E-state index contributed by atoms with van der Waals surface area (Å²) in [5, 5.41) is 8.33. The summed E-state index contributed by atoms with van der Waals surface area (Å²) in [6, 6.07) is 3.99. The zero-order valence-electron chi connectivity index (χ0n) is 13.1. The van der Waals surface area contributed by atoms with E-state index in [1.54, 1.807) is 0 Å². The summed E-state index contributed by atoms with van der Waals surface area (Å²) in [4.78, 5) is 18.6. The smallest absolute Gasteiger partial charge is 0.236 e. The summed E-state index contributed by atoms with van der Waals surface area (Å²) < 4.78 is 5.28. The van der Waals surface area contributed by atoms with Crippen LogP contribution in [0.4, 0.5) is 5.82 Å². The van der Waals surface area contributed by atoms with Crippen molar-refractivity contribution in [1.82, 2.24) is 20.0 Å². The number of morpholine rings is 1. The summed E-state index contributed by atoms with van der Waals surface area (Å²) in [5.41, 5.74) is 0.929. The molecular weight excluding hydrogens is 282 g/mol. The molecule has 0 bridgehead atoms. The molecule has 0 saturated carbocycles. The molecule has 120 valence electrons. The first-order chi connectivity index (χ1) is 10.7. The lowest BCUT2D eigenvalue weighted by Gasteiger charge is -2.36. The number of carbonyl (C=O) groups is 1. The molecule has 0 atom stereocenters. The fourth-order valence-electron chi connectivity index (χ4n) is 2.80.